The van der Waals surface area contributed by atoms with E-state index in [4.69, 9.17) is 4.74 Å². The summed E-state index contributed by atoms with van der Waals surface area (Å²) < 4.78 is 6.22. The van der Waals surface area contributed by atoms with E-state index in [1.807, 2.05) is 12.1 Å². The molecule has 1 saturated heterocycles. The molecule has 5 nitrogen and oxygen atoms in total. The van der Waals surface area contributed by atoms with Crippen molar-refractivity contribution < 1.29 is 24.5 Å². The van der Waals surface area contributed by atoms with E-state index in [1.54, 1.807) is 0 Å². The first-order chi connectivity index (χ1) is 22.5. The summed E-state index contributed by atoms with van der Waals surface area (Å²) in [6.07, 6.45) is 17.4. The van der Waals surface area contributed by atoms with Crippen LogP contribution in [0.15, 0.2) is 29.8 Å². The van der Waals surface area contributed by atoms with Gasteiger partial charge in [-0.15, -0.1) is 0 Å². The Balaban J connectivity index is 0.000000127. The SMILES string of the molecule is C[C@]12CCC(=O)C=C1[C@@H]1C[C@@H]1[C@H]1[C@@H]3[C@@H]4C[C@@H]4[C@@]4(CCC(=O)O4)[C@@]3(C)CC[C@@H]12.C[C@]12CC[C@@H]3c4ccc(O)cc4CC[C@H]3[C@@H]1CC[C@@H]2O. The number of benzene rings is 1. The molecule has 11 rings (SSSR count). The van der Waals surface area contributed by atoms with Crippen LogP contribution in [0.3, 0.4) is 0 Å². The summed E-state index contributed by atoms with van der Waals surface area (Å²) in [5.74, 6) is 8.14. The lowest BCUT2D eigenvalue weighted by atomic mass is 9.45. The van der Waals surface area contributed by atoms with Gasteiger partial charge in [-0.05, 0) is 170 Å². The molecule has 0 radical (unpaired) electrons. The van der Waals surface area contributed by atoms with Gasteiger partial charge in [0.15, 0.2) is 5.78 Å². The molecule has 1 aliphatic heterocycles. The second kappa shape index (κ2) is 9.55. The molecule has 1 spiro atoms. The standard InChI is InChI=1S/C24H30O3.C18H24O2/c1-22-6-3-12(25)9-17(22)13-10-14(13)20-16(22)4-7-23(2)21(20)15-11-18(15)24(23)8-5-19(26)27-24;1-18-9-8-14-13-5-3-12(19)10-11(13)2-4-15(14)16(18)6-7-17(18)20/h9,13-16,18,20-21H,3-8,10-11H2,1-2H3;3,5,10,14-17,19-20H,2,4,6-9H2,1H3/t13-,14+,15-,16+,18+,20-,21+,22-,23+,24+;14-,15-,16+,17+,18+/m11/s1. The Bertz CT molecular complexity index is 1590. The lowest BCUT2D eigenvalue weighted by Crippen LogP contribution is -2.57. The number of carbonyl (C=O) groups excluding carboxylic acids is 2. The van der Waals surface area contributed by atoms with Crippen molar-refractivity contribution in [1.82, 2.24) is 0 Å². The number of rotatable bonds is 0. The Hall–Kier alpha value is -2.14. The van der Waals surface area contributed by atoms with Crippen molar-refractivity contribution >= 4 is 11.8 Å². The third-order valence-corrected chi connectivity index (χ3v) is 17.5. The molecule has 8 fully saturated rings. The molecule has 5 heteroatoms. The maximum Gasteiger partial charge on any atom is 0.306 e. The van der Waals surface area contributed by atoms with Crippen molar-refractivity contribution in [3.05, 3.63) is 41.0 Å². The summed E-state index contributed by atoms with van der Waals surface area (Å²) in [7, 11) is 0. The highest BCUT2D eigenvalue weighted by molar-refractivity contribution is 5.92. The van der Waals surface area contributed by atoms with Gasteiger partial charge in [0, 0.05) is 24.2 Å². The minimum Gasteiger partial charge on any atom is -0.508 e. The Morgan fingerprint density at radius 2 is 1.64 bits per heavy atom. The van der Waals surface area contributed by atoms with Gasteiger partial charge < -0.3 is 14.9 Å². The number of aryl methyl sites for hydroxylation is 1. The summed E-state index contributed by atoms with van der Waals surface area (Å²) in [5, 5.41) is 20.0. The topological polar surface area (TPSA) is 83.8 Å². The van der Waals surface area contributed by atoms with Crippen LogP contribution in [0.5, 0.6) is 5.75 Å². The Morgan fingerprint density at radius 3 is 2.45 bits per heavy atom. The number of ketones is 1. The zero-order valence-corrected chi connectivity index (χ0v) is 28.7. The van der Waals surface area contributed by atoms with Crippen LogP contribution in [0.2, 0.25) is 0 Å². The number of hydrogen-bond donors (Lipinski definition) is 2. The maximum atomic E-state index is 12.2. The number of phenolic OH excluding ortho intramolecular Hbond substituents is 1. The van der Waals surface area contributed by atoms with Crippen LogP contribution < -0.4 is 0 Å². The van der Waals surface area contributed by atoms with Gasteiger partial charge in [-0.3, -0.25) is 9.59 Å². The molecular weight excluding hydrogens is 584 g/mol. The van der Waals surface area contributed by atoms with Crippen LogP contribution in [0.1, 0.15) is 121 Å². The van der Waals surface area contributed by atoms with E-state index in [0.29, 0.717) is 41.6 Å². The number of ether oxygens (including phenoxy) is 1. The molecule has 1 heterocycles. The van der Waals surface area contributed by atoms with E-state index >= 15 is 0 Å². The number of aliphatic hydroxyl groups excluding tert-OH is 1. The van der Waals surface area contributed by atoms with Crippen molar-refractivity contribution in [3.63, 3.8) is 0 Å². The highest BCUT2D eigenvalue weighted by Gasteiger charge is 2.81. The summed E-state index contributed by atoms with van der Waals surface area (Å²) in [5.41, 5.74) is 4.84. The minimum absolute atomic E-state index is 0.0561. The largest absolute Gasteiger partial charge is 0.508 e. The van der Waals surface area contributed by atoms with Crippen molar-refractivity contribution in [2.75, 3.05) is 0 Å². The van der Waals surface area contributed by atoms with Gasteiger partial charge in [-0.1, -0.05) is 32.4 Å². The molecule has 10 aliphatic rings. The predicted molar refractivity (Wildman–Crippen MR) is 178 cm³/mol. The predicted octanol–water partition coefficient (Wildman–Crippen LogP) is 7.92. The number of aliphatic hydroxyl groups is 1. The van der Waals surface area contributed by atoms with Gasteiger partial charge in [-0.25, -0.2) is 0 Å². The molecule has 1 aromatic rings. The molecule has 2 N–H and O–H groups in total. The van der Waals surface area contributed by atoms with Crippen LogP contribution >= 0.6 is 0 Å². The Kier molecular flexibility index (Phi) is 6.04. The van der Waals surface area contributed by atoms with E-state index in [2.05, 4.69) is 32.9 Å². The lowest BCUT2D eigenvalue weighted by molar-refractivity contribution is -0.177. The summed E-state index contributed by atoms with van der Waals surface area (Å²) in [6.45, 7) is 7.30. The molecule has 15 atom stereocenters. The number of phenols is 1. The smallest absolute Gasteiger partial charge is 0.306 e. The van der Waals surface area contributed by atoms with Gasteiger partial charge in [0.2, 0.25) is 0 Å². The van der Waals surface area contributed by atoms with Crippen molar-refractivity contribution in [2.24, 2.45) is 69.5 Å². The van der Waals surface area contributed by atoms with Gasteiger partial charge in [0.1, 0.15) is 11.4 Å². The number of aromatic hydroxyl groups is 1. The first-order valence-corrected chi connectivity index (χ1v) is 19.5. The second-order valence-corrected chi connectivity index (χ2v) is 19.0. The maximum absolute atomic E-state index is 12.2. The van der Waals surface area contributed by atoms with Crippen LogP contribution in [0.25, 0.3) is 0 Å². The van der Waals surface area contributed by atoms with Crippen LogP contribution in [-0.4, -0.2) is 33.7 Å². The number of carbonyl (C=O) groups is 2. The van der Waals surface area contributed by atoms with Crippen molar-refractivity contribution in [1.29, 1.82) is 0 Å². The molecule has 47 heavy (non-hydrogen) atoms. The summed E-state index contributed by atoms with van der Waals surface area (Å²) in [6, 6.07) is 5.96. The molecule has 0 aromatic heterocycles. The zero-order chi connectivity index (χ0) is 32.2. The molecule has 9 aliphatic carbocycles. The fourth-order valence-electron chi connectivity index (χ4n) is 15.3. The average molecular weight is 639 g/mol. The van der Waals surface area contributed by atoms with E-state index < -0.39 is 0 Å². The van der Waals surface area contributed by atoms with Crippen LogP contribution in [-0.2, 0) is 20.7 Å². The molecule has 0 unspecified atom stereocenters. The third kappa shape index (κ3) is 3.77. The van der Waals surface area contributed by atoms with Gasteiger partial charge in [0.25, 0.3) is 0 Å². The normalized spacial score (nSPS) is 53.8. The molecule has 7 saturated carbocycles. The average Bonchev–Trinajstić information content (AvgIpc) is 3.94. The molecule has 0 bridgehead atoms. The first-order valence-electron chi connectivity index (χ1n) is 19.5. The third-order valence-electron chi connectivity index (χ3n) is 17.5. The van der Waals surface area contributed by atoms with Crippen LogP contribution in [0.4, 0.5) is 0 Å². The summed E-state index contributed by atoms with van der Waals surface area (Å²) in [4.78, 5) is 24.3. The van der Waals surface area contributed by atoms with Crippen LogP contribution in [0, 0.1) is 69.5 Å². The molecule has 252 valence electrons. The zero-order valence-electron chi connectivity index (χ0n) is 28.7. The first kappa shape index (κ1) is 29.7. The summed E-state index contributed by atoms with van der Waals surface area (Å²) >= 11 is 0. The van der Waals surface area contributed by atoms with E-state index in [9.17, 15) is 19.8 Å². The number of hydrogen-bond acceptors (Lipinski definition) is 5. The van der Waals surface area contributed by atoms with Crippen molar-refractivity contribution in [3.8, 4) is 5.75 Å². The number of fused-ring (bicyclic) bond motifs is 17. The fourth-order valence-corrected chi connectivity index (χ4v) is 15.3. The fraction of sp³-hybridized carbons (Fsp3) is 0.762. The van der Waals surface area contributed by atoms with Gasteiger partial charge >= 0.3 is 5.97 Å². The Morgan fingerprint density at radius 1 is 0.787 bits per heavy atom. The van der Waals surface area contributed by atoms with E-state index in [-0.39, 0.29) is 33.9 Å². The van der Waals surface area contributed by atoms with Gasteiger partial charge in [-0.2, -0.15) is 0 Å². The quantitative estimate of drug-likeness (QED) is 0.282. The monoisotopic (exact) mass is 638 g/mol. The minimum atomic E-state index is -0.131. The number of esters is 1. The van der Waals surface area contributed by atoms with E-state index in [1.165, 1.54) is 61.6 Å². The highest BCUT2D eigenvalue weighted by Crippen LogP contribution is 2.82. The highest BCUT2D eigenvalue weighted by atomic mass is 16.6. The van der Waals surface area contributed by atoms with Crippen molar-refractivity contribution in [2.45, 2.75) is 128 Å². The van der Waals surface area contributed by atoms with Gasteiger partial charge in [0.05, 0.1) is 6.10 Å². The molecule has 1 aromatic carbocycles. The second-order valence-electron chi connectivity index (χ2n) is 19.0. The lowest BCUT2D eigenvalue weighted by Gasteiger charge is -2.60. The van der Waals surface area contributed by atoms with E-state index in [0.717, 1.165) is 74.0 Å². The Labute approximate surface area is 280 Å². The molecular formula is C42H54O5. The number of allylic oxidation sites excluding steroid dienone is 1. The molecule has 0 amide bonds.